The van der Waals surface area contributed by atoms with Gasteiger partial charge in [0.25, 0.3) is 0 Å². The van der Waals surface area contributed by atoms with E-state index < -0.39 is 0 Å². The first-order valence-electron chi connectivity index (χ1n) is 5.72. The van der Waals surface area contributed by atoms with Crippen LogP contribution in [0.2, 0.25) is 0 Å². The lowest BCUT2D eigenvalue weighted by atomic mass is 10.2. The first kappa shape index (κ1) is 14.1. The van der Waals surface area contributed by atoms with Crippen LogP contribution >= 0.6 is 22.6 Å². The van der Waals surface area contributed by atoms with Crippen LogP contribution in [0.25, 0.3) is 10.4 Å². The molecule has 0 atom stereocenters. The lowest BCUT2D eigenvalue weighted by Crippen LogP contribution is -1.97. The van der Waals surface area contributed by atoms with Gasteiger partial charge in [0.2, 0.25) is 0 Å². The van der Waals surface area contributed by atoms with Gasteiger partial charge in [0, 0.05) is 15.0 Å². The zero-order chi connectivity index (χ0) is 12.3. The number of hydrogen-bond acceptors (Lipinski definition) is 2. The van der Waals surface area contributed by atoms with Crippen molar-refractivity contribution in [2.75, 3.05) is 13.2 Å². The number of hydrogen-bond donors (Lipinski definition) is 0. The van der Waals surface area contributed by atoms with Gasteiger partial charge in [-0.25, -0.2) is 0 Å². The molecule has 0 aliphatic carbocycles. The van der Waals surface area contributed by atoms with Crippen molar-refractivity contribution in [3.63, 3.8) is 0 Å². The maximum Gasteiger partial charge on any atom is 0.119 e. The van der Waals surface area contributed by atoms with E-state index in [4.69, 9.17) is 10.3 Å². The van der Waals surface area contributed by atoms with E-state index in [0.717, 1.165) is 38.0 Å². The summed E-state index contributed by atoms with van der Waals surface area (Å²) in [6.07, 6.45) is 4.22. The minimum atomic E-state index is 0.606. The second-order valence-corrected chi connectivity index (χ2v) is 4.92. The van der Waals surface area contributed by atoms with Crippen molar-refractivity contribution in [1.82, 2.24) is 0 Å². The highest BCUT2D eigenvalue weighted by atomic mass is 127. The fourth-order valence-corrected chi connectivity index (χ4v) is 1.76. The Bertz CT molecular complexity index is 361. The van der Waals surface area contributed by atoms with Crippen LogP contribution in [0.5, 0.6) is 5.75 Å². The molecule has 17 heavy (non-hydrogen) atoms. The second kappa shape index (κ2) is 9.13. The molecule has 0 saturated heterocycles. The van der Waals surface area contributed by atoms with Crippen LogP contribution in [0, 0.1) is 3.57 Å². The molecule has 0 bridgehead atoms. The van der Waals surface area contributed by atoms with E-state index in [-0.39, 0.29) is 0 Å². The van der Waals surface area contributed by atoms with Gasteiger partial charge in [-0.1, -0.05) is 18.0 Å². The minimum absolute atomic E-state index is 0.606. The molecule has 0 aromatic heterocycles. The van der Waals surface area contributed by atoms with Gasteiger partial charge in [0.15, 0.2) is 0 Å². The topological polar surface area (TPSA) is 58.0 Å². The molecule has 4 nitrogen and oxygen atoms in total. The van der Waals surface area contributed by atoms with E-state index in [2.05, 4.69) is 32.6 Å². The summed E-state index contributed by atoms with van der Waals surface area (Å²) in [4.78, 5) is 2.72. The molecule has 0 aliphatic heterocycles. The third-order valence-electron chi connectivity index (χ3n) is 2.30. The average Bonchev–Trinajstić information content (AvgIpc) is 2.35. The molecular formula is C12H16IN3O. The Hall–Kier alpha value is -0.940. The summed E-state index contributed by atoms with van der Waals surface area (Å²) in [6, 6.07) is 8.05. The van der Waals surface area contributed by atoms with E-state index in [1.165, 1.54) is 3.57 Å². The molecule has 0 N–H and O–H groups in total. The molecule has 0 amide bonds. The van der Waals surface area contributed by atoms with Crippen molar-refractivity contribution >= 4 is 22.6 Å². The highest BCUT2D eigenvalue weighted by Crippen LogP contribution is 2.14. The summed E-state index contributed by atoms with van der Waals surface area (Å²) in [5, 5.41) is 3.49. The van der Waals surface area contributed by atoms with Crippen LogP contribution in [0.4, 0.5) is 0 Å². The Morgan fingerprint density at radius 2 is 1.82 bits per heavy atom. The Morgan fingerprint density at radius 1 is 1.12 bits per heavy atom. The standard InChI is InChI=1S/C12H16IN3O/c13-11-5-7-12(8-6-11)17-10-4-2-1-3-9-15-16-14/h5-8H,1-4,9-10H2. The van der Waals surface area contributed by atoms with Gasteiger partial charge in [-0.05, 0) is 65.2 Å². The monoisotopic (exact) mass is 345 g/mol. The zero-order valence-corrected chi connectivity index (χ0v) is 11.8. The predicted octanol–water partition coefficient (Wildman–Crippen LogP) is 4.54. The predicted molar refractivity (Wildman–Crippen MR) is 77.1 cm³/mol. The molecule has 0 aliphatic rings. The molecule has 0 radical (unpaired) electrons. The van der Waals surface area contributed by atoms with Crippen LogP contribution < -0.4 is 4.74 Å². The summed E-state index contributed by atoms with van der Waals surface area (Å²) in [6.45, 7) is 1.36. The molecule has 1 aromatic rings. The summed E-state index contributed by atoms with van der Waals surface area (Å²) in [5.74, 6) is 0.930. The van der Waals surface area contributed by atoms with Crippen molar-refractivity contribution in [2.24, 2.45) is 5.11 Å². The lowest BCUT2D eigenvalue weighted by Gasteiger charge is -2.05. The molecule has 1 aromatic carbocycles. The quantitative estimate of drug-likeness (QED) is 0.224. The number of ether oxygens (including phenoxy) is 1. The number of rotatable bonds is 8. The molecule has 0 unspecified atom stereocenters. The highest BCUT2D eigenvalue weighted by Gasteiger charge is 1.94. The smallest absolute Gasteiger partial charge is 0.119 e. The van der Waals surface area contributed by atoms with E-state index in [9.17, 15) is 0 Å². The maximum absolute atomic E-state index is 8.09. The Kier molecular flexibility index (Phi) is 7.58. The van der Waals surface area contributed by atoms with Gasteiger partial charge in [-0.15, -0.1) is 0 Å². The molecule has 92 valence electrons. The Balaban J connectivity index is 2.00. The van der Waals surface area contributed by atoms with Crippen LogP contribution in [0.1, 0.15) is 25.7 Å². The summed E-state index contributed by atoms with van der Waals surface area (Å²) >= 11 is 2.27. The maximum atomic E-state index is 8.09. The Morgan fingerprint density at radius 3 is 2.53 bits per heavy atom. The highest BCUT2D eigenvalue weighted by molar-refractivity contribution is 14.1. The lowest BCUT2D eigenvalue weighted by molar-refractivity contribution is 0.305. The molecule has 0 saturated carbocycles. The van der Waals surface area contributed by atoms with Crippen molar-refractivity contribution in [2.45, 2.75) is 25.7 Å². The van der Waals surface area contributed by atoms with Gasteiger partial charge in [-0.3, -0.25) is 0 Å². The number of benzene rings is 1. The summed E-state index contributed by atoms with van der Waals surface area (Å²) < 4.78 is 6.82. The molecule has 0 fully saturated rings. The van der Waals surface area contributed by atoms with Crippen molar-refractivity contribution < 1.29 is 4.74 Å². The van der Waals surface area contributed by atoms with E-state index in [0.29, 0.717) is 6.54 Å². The Labute approximate surface area is 115 Å². The molecule has 1 rings (SSSR count). The largest absolute Gasteiger partial charge is 0.494 e. The second-order valence-electron chi connectivity index (χ2n) is 3.67. The molecule has 0 spiro atoms. The first-order valence-corrected chi connectivity index (χ1v) is 6.80. The molecule has 5 heteroatoms. The van der Waals surface area contributed by atoms with Crippen molar-refractivity contribution in [3.05, 3.63) is 38.3 Å². The summed E-state index contributed by atoms with van der Waals surface area (Å²) in [5.41, 5.74) is 8.09. The zero-order valence-electron chi connectivity index (χ0n) is 9.68. The number of halogens is 1. The van der Waals surface area contributed by atoms with Crippen molar-refractivity contribution in [1.29, 1.82) is 0 Å². The van der Waals surface area contributed by atoms with Gasteiger partial charge < -0.3 is 4.74 Å². The number of azide groups is 1. The molecular weight excluding hydrogens is 329 g/mol. The first-order chi connectivity index (χ1) is 8.33. The minimum Gasteiger partial charge on any atom is -0.494 e. The van der Waals surface area contributed by atoms with Gasteiger partial charge in [0.1, 0.15) is 5.75 Å². The number of unbranched alkanes of at least 4 members (excludes halogenated alkanes) is 3. The average molecular weight is 345 g/mol. The third kappa shape index (κ3) is 7.07. The van der Waals surface area contributed by atoms with Crippen LogP contribution in [-0.4, -0.2) is 13.2 Å². The van der Waals surface area contributed by atoms with Gasteiger partial charge in [0.05, 0.1) is 6.61 Å². The van der Waals surface area contributed by atoms with Gasteiger partial charge in [-0.2, -0.15) is 0 Å². The van der Waals surface area contributed by atoms with Crippen LogP contribution in [-0.2, 0) is 0 Å². The van der Waals surface area contributed by atoms with Crippen LogP contribution in [0.3, 0.4) is 0 Å². The van der Waals surface area contributed by atoms with E-state index in [1.54, 1.807) is 0 Å². The third-order valence-corrected chi connectivity index (χ3v) is 3.02. The molecule has 0 heterocycles. The number of nitrogens with zero attached hydrogens (tertiary/aromatic N) is 3. The van der Waals surface area contributed by atoms with E-state index in [1.807, 2.05) is 24.3 Å². The fraction of sp³-hybridized carbons (Fsp3) is 0.500. The summed E-state index contributed by atoms with van der Waals surface area (Å²) in [7, 11) is 0. The van der Waals surface area contributed by atoms with Crippen molar-refractivity contribution in [3.8, 4) is 5.75 Å². The van der Waals surface area contributed by atoms with Crippen LogP contribution in [0.15, 0.2) is 29.4 Å². The normalized spacial score (nSPS) is 9.71. The van der Waals surface area contributed by atoms with Gasteiger partial charge >= 0.3 is 0 Å². The fourth-order valence-electron chi connectivity index (χ4n) is 1.40. The SMILES string of the molecule is [N-]=[N+]=NCCCCCCOc1ccc(I)cc1. The van der Waals surface area contributed by atoms with E-state index >= 15 is 0 Å².